The summed E-state index contributed by atoms with van der Waals surface area (Å²) in [5.74, 6) is 4.81. The first-order valence-corrected chi connectivity index (χ1v) is 11.0. The topological polar surface area (TPSA) is 119 Å². The van der Waals surface area contributed by atoms with Crippen molar-refractivity contribution < 1.29 is 19.5 Å². The summed E-state index contributed by atoms with van der Waals surface area (Å²) < 4.78 is 0. The van der Waals surface area contributed by atoms with Gasteiger partial charge in [0, 0.05) is 64.9 Å². The van der Waals surface area contributed by atoms with E-state index < -0.39 is 17.4 Å². The van der Waals surface area contributed by atoms with Gasteiger partial charge in [-0.2, -0.15) is 0 Å². The van der Waals surface area contributed by atoms with Crippen LogP contribution in [-0.4, -0.2) is 88.0 Å². The second-order valence-corrected chi connectivity index (χ2v) is 8.36. The molecule has 2 N–H and O–H groups in total. The molecule has 3 amide bonds. The summed E-state index contributed by atoms with van der Waals surface area (Å²) in [6, 6.07) is 6.86. The Kier molecular flexibility index (Phi) is 6.47. The minimum atomic E-state index is -1.71. The minimum Gasteiger partial charge on any atom is -0.369 e. The first kappa shape index (κ1) is 23.2. The number of aromatic nitrogens is 2. The predicted octanol–water partition coefficient (Wildman–Crippen LogP) is 0.342. The van der Waals surface area contributed by atoms with E-state index in [1.165, 1.54) is 23.5 Å². The molecule has 0 saturated carbocycles. The highest BCUT2D eigenvalue weighted by Gasteiger charge is 2.42. The Hall–Kier alpha value is -3.97. The van der Waals surface area contributed by atoms with Gasteiger partial charge in [0.1, 0.15) is 12.0 Å². The molecule has 176 valence electrons. The maximum atomic E-state index is 12.8. The summed E-state index contributed by atoms with van der Waals surface area (Å²) in [6.45, 7) is 4.38. The van der Waals surface area contributed by atoms with E-state index in [4.69, 9.17) is 0 Å². The molecule has 0 radical (unpaired) electrons. The molecule has 2 aliphatic rings. The Morgan fingerprint density at radius 3 is 2.53 bits per heavy atom. The Bertz CT molecular complexity index is 1170. The van der Waals surface area contributed by atoms with E-state index in [2.05, 4.69) is 32.0 Å². The molecule has 1 aromatic carbocycles. The molecule has 2 saturated heterocycles. The molecule has 34 heavy (non-hydrogen) atoms. The Balaban J connectivity index is 1.63. The molecule has 0 bridgehead atoms. The molecular formula is C24H26N6O4. The first-order valence-electron chi connectivity index (χ1n) is 11.0. The van der Waals surface area contributed by atoms with Crippen LogP contribution in [0, 0.1) is 11.8 Å². The zero-order valence-electron chi connectivity index (χ0n) is 19.1. The lowest BCUT2D eigenvalue weighted by Crippen LogP contribution is -2.48. The fourth-order valence-corrected chi connectivity index (χ4v) is 4.01. The van der Waals surface area contributed by atoms with Crippen molar-refractivity contribution in [2.24, 2.45) is 0 Å². The number of amides is 3. The molecule has 0 unspecified atom stereocenters. The Labute approximate surface area is 197 Å². The number of anilines is 2. The number of nitrogens with one attached hydrogen (secondary N) is 1. The summed E-state index contributed by atoms with van der Waals surface area (Å²) in [6.07, 6.45) is 3.03. The first-order chi connectivity index (χ1) is 16.3. The highest BCUT2D eigenvalue weighted by molar-refractivity contribution is 6.04. The van der Waals surface area contributed by atoms with Crippen molar-refractivity contribution in [3.8, 4) is 11.8 Å². The van der Waals surface area contributed by atoms with Crippen LogP contribution in [0.5, 0.6) is 0 Å². The van der Waals surface area contributed by atoms with Crippen LogP contribution in [0.15, 0.2) is 36.8 Å². The molecule has 0 spiro atoms. The van der Waals surface area contributed by atoms with Gasteiger partial charge in [0.15, 0.2) is 0 Å². The number of likely N-dealkylation sites (N-methyl/N-ethyl adjacent to an activating group) is 1. The fourth-order valence-electron chi connectivity index (χ4n) is 4.01. The molecule has 2 aromatic rings. The maximum absolute atomic E-state index is 12.8. The van der Waals surface area contributed by atoms with Gasteiger partial charge in [0.25, 0.3) is 11.8 Å². The van der Waals surface area contributed by atoms with E-state index in [1.807, 2.05) is 6.07 Å². The second-order valence-electron chi connectivity index (χ2n) is 8.36. The van der Waals surface area contributed by atoms with Crippen molar-refractivity contribution in [2.75, 3.05) is 50.0 Å². The third-order valence-electron chi connectivity index (χ3n) is 6.05. The summed E-state index contributed by atoms with van der Waals surface area (Å²) in [7, 11) is 1.63. The van der Waals surface area contributed by atoms with Crippen molar-refractivity contribution in [2.45, 2.75) is 18.9 Å². The summed E-state index contributed by atoms with van der Waals surface area (Å²) in [5, 5.41) is 13.5. The van der Waals surface area contributed by atoms with E-state index >= 15 is 0 Å². The number of benzene rings is 1. The van der Waals surface area contributed by atoms with Gasteiger partial charge in [-0.15, -0.1) is 0 Å². The van der Waals surface area contributed by atoms with E-state index in [0.29, 0.717) is 44.0 Å². The molecular weight excluding hydrogens is 436 g/mol. The third-order valence-corrected chi connectivity index (χ3v) is 6.05. The highest BCUT2D eigenvalue weighted by atomic mass is 16.3. The second kappa shape index (κ2) is 9.49. The van der Waals surface area contributed by atoms with E-state index in [-0.39, 0.29) is 18.0 Å². The van der Waals surface area contributed by atoms with Gasteiger partial charge in [0.2, 0.25) is 11.5 Å². The van der Waals surface area contributed by atoms with E-state index in [1.54, 1.807) is 31.0 Å². The standard InChI is InChI=1S/C24H26N6O4/c1-17(31)29-11-13-30(14-12-29)21-4-3-18(5-7-24(34)8-10-28(2)23(24)33)15-20(21)27-22(32)19-6-9-25-16-26-19/h3-4,6,9,15-16,34H,8,10-14H2,1-2H3,(H,27,32)/t24-/m0/s1. The van der Waals surface area contributed by atoms with Gasteiger partial charge in [-0.1, -0.05) is 11.8 Å². The molecule has 0 aliphatic carbocycles. The number of nitrogens with zero attached hydrogens (tertiary/aromatic N) is 5. The van der Waals surface area contributed by atoms with Gasteiger partial charge in [-0.05, 0) is 24.3 Å². The monoisotopic (exact) mass is 462 g/mol. The van der Waals surface area contributed by atoms with Crippen LogP contribution in [0.1, 0.15) is 29.4 Å². The molecule has 3 heterocycles. The van der Waals surface area contributed by atoms with Gasteiger partial charge in [-0.25, -0.2) is 9.97 Å². The number of carbonyl (C=O) groups excluding carboxylic acids is 3. The van der Waals surface area contributed by atoms with E-state index in [9.17, 15) is 19.5 Å². The van der Waals surface area contributed by atoms with Crippen molar-refractivity contribution in [3.05, 3.63) is 48.0 Å². The molecule has 1 aromatic heterocycles. The number of rotatable bonds is 3. The smallest absolute Gasteiger partial charge is 0.274 e. The van der Waals surface area contributed by atoms with E-state index in [0.717, 1.165) is 5.69 Å². The Morgan fingerprint density at radius 1 is 1.15 bits per heavy atom. The lowest BCUT2D eigenvalue weighted by Gasteiger charge is -2.36. The molecule has 1 atom stereocenters. The van der Waals surface area contributed by atoms with Gasteiger partial charge < -0.3 is 25.1 Å². The average molecular weight is 463 g/mol. The van der Waals surface area contributed by atoms with Crippen LogP contribution >= 0.6 is 0 Å². The molecule has 4 rings (SSSR count). The number of aliphatic hydroxyl groups is 1. The van der Waals surface area contributed by atoms with Crippen LogP contribution in [0.3, 0.4) is 0 Å². The Morgan fingerprint density at radius 2 is 1.91 bits per heavy atom. The van der Waals surface area contributed by atoms with Crippen LogP contribution in [0.25, 0.3) is 0 Å². The molecule has 2 aliphatic heterocycles. The number of carbonyl (C=O) groups is 3. The lowest BCUT2D eigenvalue weighted by molar-refractivity contribution is -0.137. The normalized spacial score (nSPS) is 20.1. The van der Waals surface area contributed by atoms with Crippen LogP contribution in [0.4, 0.5) is 11.4 Å². The van der Waals surface area contributed by atoms with Crippen molar-refractivity contribution in [1.82, 2.24) is 19.8 Å². The summed E-state index contributed by atoms with van der Waals surface area (Å²) >= 11 is 0. The summed E-state index contributed by atoms with van der Waals surface area (Å²) in [4.78, 5) is 49.9. The van der Waals surface area contributed by atoms with Crippen molar-refractivity contribution in [3.63, 3.8) is 0 Å². The number of likely N-dealkylation sites (tertiary alicyclic amines) is 1. The SMILES string of the molecule is CC(=O)N1CCN(c2ccc(C#C[C@]3(O)CCN(C)C3=O)cc2NC(=O)c2ccncn2)CC1. The predicted molar refractivity (Wildman–Crippen MR) is 125 cm³/mol. The number of piperazine rings is 1. The molecule has 10 nitrogen and oxygen atoms in total. The van der Waals surface area contributed by atoms with Crippen molar-refractivity contribution >= 4 is 29.1 Å². The fraction of sp³-hybridized carbons (Fsp3) is 0.375. The number of hydrogen-bond acceptors (Lipinski definition) is 7. The molecule has 10 heteroatoms. The summed E-state index contributed by atoms with van der Waals surface area (Å²) in [5.41, 5.74) is 0.355. The maximum Gasteiger partial charge on any atom is 0.274 e. The molecule has 2 fully saturated rings. The van der Waals surface area contributed by atoms with Crippen molar-refractivity contribution in [1.29, 1.82) is 0 Å². The number of hydrogen-bond donors (Lipinski definition) is 2. The van der Waals surface area contributed by atoms with Crippen LogP contribution < -0.4 is 10.2 Å². The van der Waals surface area contributed by atoms with Gasteiger partial charge in [-0.3, -0.25) is 14.4 Å². The zero-order chi connectivity index (χ0) is 24.3. The highest BCUT2D eigenvalue weighted by Crippen LogP contribution is 2.29. The zero-order valence-corrected chi connectivity index (χ0v) is 19.1. The van der Waals surface area contributed by atoms with Crippen LogP contribution in [0.2, 0.25) is 0 Å². The average Bonchev–Trinajstić information content (AvgIpc) is 3.11. The largest absolute Gasteiger partial charge is 0.369 e. The van der Waals surface area contributed by atoms with Crippen LogP contribution in [-0.2, 0) is 9.59 Å². The lowest BCUT2D eigenvalue weighted by atomic mass is 10.0. The quantitative estimate of drug-likeness (QED) is 0.632. The minimum absolute atomic E-state index is 0.0348. The van der Waals surface area contributed by atoms with Gasteiger partial charge >= 0.3 is 0 Å². The van der Waals surface area contributed by atoms with Gasteiger partial charge in [0.05, 0.1) is 11.4 Å². The third kappa shape index (κ3) is 4.84.